The maximum atomic E-state index is 14.2. The second-order valence-electron chi connectivity index (χ2n) is 11.1. The molecule has 5 rings (SSSR count). The number of benzene rings is 2. The lowest BCUT2D eigenvalue weighted by atomic mass is 9.86. The number of nitriles is 1. The molecular weight excluding hydrogens is 560 g/mol. The monoisotopic (exact) mass is 593 g/mol. The number of imide groups is 1. The molecule has 1 saturated carbocycles. The van der Waals surface area contributed by atoms with Crippen LogP contribution in [0.2, 0.25) is 0 Å². The Balaban J connectivity index is 1.29. The molecular formula is C31H33F2N5O5. The first-order valence-electron chi connectivity index (χ1n) is 14.3. The van der Waals surface area contributed by atoms with Crippen molar-refractivity contribution in [3.05, 3.63) is 82.1 Å². The zero-order valence-electron chi connectivity index (χ0n) is 23.7. The maximum Gasteiger partial charge on any atom is 0.335 e. The Hall–Kier alpha value is -4.34. The number of nitrogens with one attached hydrogen (secondary N) is 2. The van der Waals surface area contributed by atoms with Gasteiger partial charge in [-0.25, -0.2) is 28.1 Å². The number of carbonyl (C=O) groups is 3. The number of likely N-dealkylation sites (tertiary alicyclic amines) is 1. The largest absolute Gasteiger partial charge is 0.478 e. The van der Waals surface area contributed by atoms with Crippen LogP contribution in [0, 0.1) is 23.0 Å². The van der Waals surface area contributed by atoms with Crippen molar-refractivity contribution in [2.24, 2.45) is 0 Å². The number of carboxylic acid groups (broad SMARTS) is 1. The minimum Gasteiger partial charge on any atom is -0.478 e. The number of piperidine rings is 1. The molecule has 0 bridgehead atoms. The van der Waals surface area contributed by atoms with Gasteiger partial charge in [0.1, 0.15) is 6.04 Å². The summed E-state index contributed by atoms with van der Waals surface area (Å²) in [4.78, 5) is 42.2. The average molecular weight is 594 g/mol. The Morgan fingerprint density at radius 2 is 1.86 bits per heavy atom. The number of carbonyl (C=O) groups excluding carboxylic acids is 2. The smallest absolute Gasteiger partial charge is 0.335 e. The number of urea groups is 2. The van der Waals surface area contributed by atoms with Crippen LogP contribution in [-0.4, -0.2) is 71.8 Å². The average Bonchev–Trinajstić information content (AvgIpc) is 3.46. The van der Waals surface area contributed by atoms with Gasteiger partial charge in [-0.1, -0.05) is 24.3 Å². The number of halogens is 2. The number of carboxylic acids is 1. The van der Waals surface area contributed by atoms with Crippen molar-refractivity contribution >= 4 is 18.0 Å². The van der Waals surface area contributed by atoms with Crippen molar-refractivity contribution in [1.82, 2.24) is 20.4 Å². The first kappa shape index (κ1) is 30.1. The summed E-state index contributed by atoms with van der Waals surface area (Å²) in [5.41, 5.74) is 1.26. The van der Waals surface area contributed by atoms with Gasteiger partial charge in [0.05, 0.1) is 29.5 Å². The standard InChI is InChI=1S/C31H33F2N5O5/c1-43-17-26-27(29(39)40)28(19-6-9-24(32)25(33)14-19)38(31(42)36-26)30(41)35-21-7-8-22(15-21)37-12-10-18(11-13-37)23-5-3-2-4-20(23)16-34/h2-6,9,14,18,21-22,28H,7-8,10-13,15,17H2,1H3,(H,35,41)(H,36,42)(H,39,40)/t21-,22-,28+/m1/s1. The van der Waals surface area contributed by atoms with Crippen molar-refractivity contribution in [3.63, 3.8) is 0 Å². The molecule has 1 saturated heterocycles. The molecule has 2 aromatic rings. The summed E-state index contributed by atoms with van der Waals surface area (Å²) in [5.74, 6) is -3.51. The highest BCUT2D eigenvalue weighted by molar-refractivity contribution is 6.01. The molecule has 2 aromatic carbocycles. The van der Waals surface area contributed by atoms with Crippen LogP contribution in [-0.2, 0) is 9.53 Å². The lowest BCUT2D eigenvalue weighted by Crippen LogP contribution is -2.56. The summed E-state index contributed by atoms with van der Waals surface area (Å²) >= 11 is 0. The van der Waals surface area contributed by atoms with E-state index in [4.69, 9.17) is 4.74 Å². The number of amides is 4. The van der Waals surface area contributed by atoms with E-state index in [9.17, 15) is 33.5 Å². The van der Waals surface area contributed by atoms with Gasteiger partial charge in [-0.2, -0.15) is 5.26 Å². The van der Waals surface area contributed by atoms with Crippen LogP contribution >= 0.6 is 0 Å². The molecule has 43 heavy (non-hydrogen) atoms. The molecule has 2 heterocycles. The van der Waals surface area contributed by atoms with E-state index in [0.717, 1.165) is 56.1 Å². The van der Waals surface area contributed by atoms with E-state index in [1.54, 1.807) is 0 Å². The van der Waals surface area contributed by atoms with Crippen molar-refractivity contribution in [3.8, 4) is 6.07 Å². The fourth-order valence-electron chi connectivity index (χ4n) is 6.57. The second kappa shape index (κ2) is 12.9. The van der Waals surface area contributed by atoms with Gasteiger partial charge >= 0.3 is 18.0 Å². The lowest BCUT2D eigenvalue weighted by Gasteiger charge is -2.37. The van der Waals surface area contributed by atoms with Gasteiger partial charge in [-0.3, -0.25) is 0 Å². The summed E-state index contributed by atoms with van der Waals surface area (Å²) in [6.45, 7) is 1.45. The topological polar surface area (TPSA) is 135 Å². The molecule has 2 fully saturated rings. The van der Waals surface area contributed by atoms with E-state index in [-0.39, 0.29) is 35.5 Å². The van der Waals surface area contributed by atoms with Crippen molar-refractivity contribution in [1.29, 1.82) is 5.26 Å². The molecule has 4 amide bonds. The van der Waals surface area contributed by atoms with Crippen LogP contribution in [0.1, 0.15) is 60.8 Å². The SMILES string of the molecule is COCC1=C(C(=O)O)[C@H](c2ccc(F)c(F)c2)N(C(=O)N[C@@H]2CC[C@@H](N3CCC(c4ccccc4C#N)CC3)C2)C(=O)N1. The van der Waals surface area contributed by atoms with E-state index in [2.05, 4.69) is 21.6 Å². The minimum absolute atomic E-state index is 0.0694. The Kier molecular flexibility index (Phi) is 9.03. The first-order chi connectivity index (χ1) is 20.7. The van der Waals surface area contributed by atoms with Crippen LogP contribution < -0.4 is 10.6 Å². The Morgan fingerprint density at radius 1 is 1.12 bits per heavy atom. The molecule has 12 heteroatoms. The second-order valence-corrected chi connectivity index (χ2v) is 11.1. The molecule has 0 spiro atoms. The number of hydrogen-bond donors (Lipinski definition) is 3. The Morgan fingerprint density at radius 3 is 2.53 bits per heavy atom. The molecule has 0 unspecified atom stereocenters. The fraction of sp³-hybridized carbons (Fsp3) is 0.419. The predicted molar refractivity (Wildman–Crippen MR) is 151 cm³/mol. The van der Waals surface area contributed by atoms with Gasteiger partial charge in [0.15, 0.2) is 11.6 Å². The minimum atomic E-state index is -1.51. The molecule has 226 valence electrons. The fourth-order valence-corrected chi connectivity index (χ4v) is 6.57. The van der Waals surface area contributed by atoms with Gasteiger partial charge in [-0.05, 0) is 80.4 Å². The molecule has 3 N–H and O–H groups in total. The number of aliphatic carboxylic acids is 1. The maximum absolute atomic E-state index is 14.2. The number of rotatable bonds is 7. The molecule has 1 aliphatic carbocycles. The molecule has 3 atom stereocenters. The third kappa shape index (κ3) is 6.23. The summed E-state index contributed by atoms with van der Waals surface area (Å²) < 4.78 is 33.0. The molecule has 10 nitrogen and oxygen atoms in total. The summed E-state index contributed by atoms with van der Waals surface area (Å²) in [6.07, 6.45) is 3.98. The van der Waals surface area contributed by atoms with Crippen LogP contribution in [0.4, 0.5) is 18.4 Å². The first-order valence-corrected chi connectivity index (χ1v) is 14.3. The number of methoxy groups -OCH3 is 1. The zero-order valence-corrected chi connectivity index (χ0v) is 23.7. The van der Waals surface area contributed by atoms with Gasteiger partial charge in [0, 0.05) is 19.2 Å². The van der Waals surface area contributed by atoms with Crippen LogP contribution in [0.25, 0.3) is 0 Å². The van der Waals surface area contributed by atoms with E-state index in [0.29, 0.717) is 29.2 Å². The van der Waals surface area contributed by atoms with E-state index in [1.165, 1.54) is 7.11 Å². The van der Waals surface area contributed by atoms with Gasteiger partial charge in [-0.15, -0.1) is 0 Å². The molecule has 3 aliphatic rings. The number of nitrogens with zero attached hydrogens (tertiary/aromatic N) is 3. The molecule has 2 aliphatic heterocycles. The summed E-state index contributed by atoms with van der Waals surface area (Å²) in [7, 11) is 1.31. The quantitative estimate of drug-likeness (QED) is 0.433. The van der Waals surface area contributed by atoms with E-state index >= 15 is 0 Å². The highest BCUT2D eigenvalue weighted by Gasteiger charge is 2.44. The summed E-state index contributed by atoms with van der Waals surface area (Å²) in [5, 5.41) is 24.8. The zero-order chi connectivity index (χ0) is 30.7. The highest BCUT2D eigenvalue weighted by atomic mass is 19.2. The Labute approximate surface area is 247 Å². The van der Waals surface area contributed by atoms with Crippen LogP contribution in [0.15, 0.2) is 53.7 Å². The Bertz CT molecular complexity index is 1480. The third-order valence-corrected chi connectivity index (χ3v) is 8.63. The highest BCUT2D eigenvalue weighted by Crippen LogP contribution is 2.36. The van der Waals surface area contributed by atoms with Gasteiger partial charge < -0.3 is 25.4 Å². The van der Waals surface area contributed by atoms with Crippen LogP contribution in [0.3, 0.4) is 0 Å². The number of hydrogen-bond acceptors (Lipinski definition) is 6. The summed E-state index contributed by atoms with van der Waals surface area (Å²) in [6, 6.07) is 9.44. The normalized spacial score (nSPS) is 23.2. The van der Waals surface area contributed by atoms with Crippen molar-refractivity contribution in [2.45, 2.75) is 56.1 Å². The third-order valence-electron chi connectivity index (χ3n) is 8.63. The van der Waals surface area contributed by atoms with Gasteiger partial charge in [0.25, 0.3) is 0 Å². The van der Waals surface area contributed by atoms with E-state index < -0.39 is 35.7 Å². The van der Waals surface area contributed by atoms with Gasteiger partial charge in [0.2, 0.25) is 0 Å². The van der Waals surface area contributed by atoms with Crippen molar-refractivity contribution in [2.75, 3.05) is 26.8 Å². The van der Waals surface area contributed by atoms with E-state index in [1.807, 2.05) is 24.3 Å². The molecule has 0 radical (unpaired) electrons. The molecule has 0 aromatic heterocycles. The lowest BCUT2D eigenvalue weighted by molar-refractivity contribution is -0.133. The number of ether oxygens (including phenoxy) is 1. The van der Waals surface area contributed by atoms with Crippen LogP contribution in [0.5, 0.6) is 0 Å². The van der Waals surface area contributed by atoms with Crippen molar-refractivity contribution < 1.29 is 33.0 Å². The predicted octanol–water partition coefficient (Wildman–Crippen LogP) is 4.40.